The molecule has 0 saturated carbocycles. The Morgan fingerprint density at radius 3 is 2.55 bits per heavy atom. The fraction of sp³-hybridized carbons (Fsp3) is 0.565. The smallest absolute Gasteiger partial charge is 0.346 e. The number of esters is 1. The van der Waals surface area contributed by atoms with E-state index in [2.05, 4.69) is 44.7 Å². The Hall–Kier alpha value is -1.46. The molecule has 4 nitrogen and oxygen atoms in total. The average molecular weight is 435 g/mol. The summed E-state index contributed by atoms with van der Waals surface area (Å²) in [6.45, 7) is 10.9. The van der Waals surface area contributed by atoms with Gasteiger partial charge < -0.3 is 9.64 Å². The molecule has 0 bridgehead atoms. The second-order valence-corrected chi connectivity index (χ2v) is 9.64. The van der Waals surface area contributed by atoms with E-state index in [1.54, 1.807) is 0 Å². The highest BCUT2D eigenvalue weighted by Crippen LogP contribution is 2.54. The molecule has 1 aromatic carbocycles. The topological polar surface area (TPSA) is 41.9 Å². The molecule has 0 N–H and O–H groups in total. The minimum Gasteiger partial charge on any atom is -0.462 e. The number of allylic oxidation sites excluding steroid dienone is 1. The van der Waals surface area contributed by atoms with Crippen molar-refractivity contribution in [1.29, 1.82) is 0 Å². The summed E-state index contributed by atoms with van der Waals surface area (Å²) in [4.78, 5) is 20.8. The van der Waals surface area contributed by atoms with Crippen LogP contribution in [0, 0.1) is 5.92 Å². The molecule has 2 unspecified atom stereocenters. The molecular formula is C23H31ClN2O2S. The zero-order chi connectivity index (χ0) is 21.2. The third kappa shape index (κ3) is 4.36. The zero-order valence-corrected chi connectivity index (χ0v) is 19.6. The molecule has 0 saturated heterocycles. The molecule has 0 aromatic heterocycles. The van der Waals surface area contributed by atoms with Gasteiger partial charge in [-0.05, 0) is 55.6 Å². The molecule has 0 amide bonds. The van der Waals surface area contributed by atoms with Crippen LogP contribution in [0.1, 0.15) is 71.9 Å². The molecule has 1 aromatic rings. The molecule has 6 heteroatoms. The number of carbonyl (C=O) groups excluding carboxylic acids is 1. The van der Waals surface area contributed by atoms with Crippen LogP contribution in [0.15, 0.2) is 39.9 Å². The van der Waals surface area contributed by atoms with Gasteiger partial charge in [0.25, 0.3) is 0 Å². The number of halogens is 1. The SMILES string of the molecule is CCCCCC1(C)N=C2SC(C(=O)OCC)=C(C(C)C)N2C1c1ccc(Cl)cc1. The third-order valence-electron chi connectivity index (χ3n) is 5.57. The first-order chi connectivity index (χ1) is 13.8. The van der Waals surface area contributed by atoms with E-state index >= 15 is 0 Å². The summed E-state index contributed by atoms with van der Waals surface area (Å²) in [5.41, 5.74) is 1.95. The number of thioether (sulfide) groups is 1. The van der Waals surface area contributed by atoms with Crippen molar-refractivity contribution >= 4 is 34.5 Å². The summed E-state index contributed by atoms with van der Waals surface area (Å²) in [5.74, 6) is -0.0664. The number of hydrogen-bond donors (Lipinski definition) is 0. The number of ether oxygens (including phenoxy) is 1. The number of fused-ring (bicyclic) bond motifs is 1. The van der Waals surface area contributed by atoms with Gasteiger partial charge in [-0.15, -0.1) is 0 Å². The molecule has 2 aliphatic heterocycles. The second kappa shape index (κ2) is 9.13. The third-order valence-corrected chi connectivity index (χ3v) is 6.87. The van der Waals surface area contributed by atoms with Crippen molar-refractivity contribution in [2.75, 3.05) is 6.61 Å². The van der Waals surface area contributed by atoms with Crippen molar-refractivity contribution in [3.05, 3.63) is 45.5 Å². The van der Waals surface area contributed by atoms with Crippen LogP contribution in [0.4, 0.5) is 0 Å². The number of aliphatic imine (C=N–C) groups is 1. The van der Waals surface area contributed by atoms with E-state index in [9.17, 15) is 4.79 Å². The maximum absolute atomic E-state index is 12.7. The summed E-state index contributed by atoms with van der Waals surface area (Å²) in [6, 6.07) is 8.11. The Labute approximate surface area is 183 Å². The lowest BCUT2D eigenvalue weighted by molar-refractivity contribution is -0.137. The maximum atomic E-state index is 12.7. The summed E-state index contributed by atoms with van der Waals surface area (Å²) >= 11 is 7.63. The van der Waals surface area contributed by atoms with Crippen LogP contribution in [0.5, 0.6) is 0 Å². The number of nitrogens with zero attached hydrogens (tertiary/aromatic N) is 2. The van der Waals surface area contributed by atoms with Gasteiger partial charge in [-0.1, -0.05) is 63.8 Å². The standard InChI is InChI=1S/C23H31ClN2O2S/c1-6-8-9-14-23(5)20(16-10-12-17(24)13-11-16)26-18(15(3)4)19(21(27)28-7-2)29-22(26)25-23/h10-13,15,20H,6-9,14H2,1-5H3. The zero-order valence-electron chi connectivity index (χ0n) is 18.0. The molecule has 0 spiro atoms. The van der Waals surface area contributed by atoms with Crippen LogP contribution in [0.25, 0.3) is 0 Å². The van der Waals surface area contributed by atoms with Gasteiger partial charge in [0, 0.05) is 10.7 Å². The summed E-state index contributed by atoms with van der Waals surface area (Å²) in [5, 5.41) is 1.64. The second-order valence-electron chi connectivity index (χ2n) is 8.22. The molecule has 2 aliphatic rings. The molecule has 0 radical (unpaired) electrons. The van der Waals surface area contributed by atoms with Crippen LogP contribution < -0.4 is 0 Å². The summed E-state index contributed by atoms with van der Waals surface area (Å²) in [7, 11) is 0. The predicted molar refractivity (Wildman–Crippen MR) is 122 cm³/mol. The molecule has 29 heavy (non-hydrogen) atoms. The van der Waals surface area contributed by atoms with E-state index in [0.717, 1.165) is 28.7 Å². The van der Waals surface area contributed by atoms with Crippen molar-refractivity contribution in [3.8, 4) is 0 Å². The van der Waals surface area contributed by atoms with Crippen LogP contribution >= 0.6 is 23.4 Å². The molecule has 0 fully saturated rings. The Morgan fingerprint density at radius 2 is 1.97 bits per heavy atom. The Bertz CT molecular complexity index is 819. The largest absolute Gasteiger partial charge is 0.462 e. The summed E-state index contributed by atoms with van der Waals surface area (Å²) in [6.07, 6.45) is 4.52. The number of hydrogen-bond acceptors (Lipinski definition) is 5. The van der Waals surface area contributed by atoms with Crippen molar-refractivity contribution in [3.63, 3.8) is 0 Å². The van der Waals surface area contributed by atoms with Gasteiger partial charge in [0.15, 0.2) is 5.17 Å². The molecule has 0 aliphatic carbocycles. The highest BCUT2D eigenvalue weighted by Gasteiger charge is 2.52. The Kier molecular flexibility index (Phi) is 7.00. The van der Waals surface area contributed by atoms with Crippen LogP contribution in [-0.4, -0.2) is 28.2 Å². The first kappa shape index (κ1) is 22.2. The van der Waals surface area contributed by atoms with E-state index in [0.29, 0.717) is 11.5 Å². The fourth-order valence-corrected chi connectivity index (χ4v) is 5.70. The van der Waals surface area contributed by atoms with Gasteiger partial charge in [-0.25, -0.2) is 4.79 Å². The van der Waals surface area contributed by atoms with E-state index in [1.807, 2.05) is 19.1 Å². The van der Waals surface area contributed by atoms with Gasteiger partial charge >= 0.3 is 5.97 Å². The van der Waals surface area contributed by atoms with Crippen molar-refractivity contribution in [1.82, 2.24) is 4.90 Å². The van der Waals surface area contributed by atoms with Gasteiger partial charge in [0.2, 0.25) is 0 Å². The average Bonchev–Trinajstić information content (AvgIpc) is 3.15. The van der Waals surface area contributed by atoms with E-state index in [-0.39, 0.29) is 23.5 Å². The van der Waals surface area contributed by atoms with Gasteiger partial charge in [0.05, 0.1) is 18.2 Å². The van der Waals surface area contributed by atoms with Crippen molar-refractivity contribution in [2.45, 2.75) is 71.9 Å². The van der Waals surface area contributed by atoms with Crippen molar-refractivity contribution < 1.29 is 9.53 Å². The van der Waals surface area contributed by atoms with E-state index in [4.69, 9.17) is 21.3 Å². The maximum Gasteiger partial charge on any atom is 0.346 e. The van der Waals surface area contributed by atoms with E-state index in [1.165, 1.54) is 30.2 Å². The minimum absolute atomic E-state index is 0.0449. The lowest BCUT2D eigenvalue weighted by atomic mass is 9.82. The number of unbranched alkanes of at least 4 members (excludes halogenated alkanes) is 2. The Balaban J connectivity index is 2.06. The number of benzene rings is 1. The lowest BCUT2D eigenvalue weighted by Gasteiger charge is -2.36. The molecule has 2 heterocycles. The number of rotatable bonds is 8. The Morgan fingerprint density at radius 1 is 1.28 bits per heavy atom. The fourth-order valence-electron chi connectivity index (χ4n) is 4.25. The first-order valence-corrected chi connectivity index (χ1v) is 11.8. The van der Waals surface area contributed by atoms with Crippen LogP contribution in [-0.2, 0) is 9.53 Å². The first-order valence-electron chi connectivity index (χ1n) is 10.6. The van der Waals surface area contributed by atoms with Gasteiger partial charge in [-0.3, -0.25) is 4.99 Å². The monoisotopic (exact) mass is 434 g/mol. The quantitative estimate of drug-likeness (QED) is 0.342. The van der Waals surface area contributed by atoms with Crippen LogP contribution in [0.3, 0.4) is 0 Å². The van der Waals surface area contributed by atoms with Gasteiger partial charge in [0.1, 0.15) is 4.91 Å². The molecule has 2 atom stereocenters. The van der Waals surface area contributed by atoms with Crippen molar-refractivity contribution in [2.24, 2.45) is 10.9 Å². The van der Waals surface area contributed by atoms with E-state index < -0.39 is 0 Å². The molecule has 3 rings (SSSR count). The summed E-state index contributed by atoms with van der Waals surface area (Å²) < 4.78 is 5.34. The highest BCUT2D eigenvalue weighted by molar-refractivity contribution is 8.18. The molecule has 158 valence electrons. The predicted octanol–water partition coefficient (Wildman–Crippen LogP) is 6.57. The molecular weight excluding hydrogens is 404 g/mol. The minimum atomic E-state index is -0.249. The van der Waals surface area contributed by atoms with Gasteiger partial charge in [-0.2, -0.15) is 0 Å². The number of amidine groups is 1. The lowest BCUT2D eigenvalue weighted by Crippen LogP contribution is -2.37. The number of carbonyl (C=O) groups is 1. The van der Waals surface area contributed by atoms with Crippen LogP contribution in [0.2, 0.25) is 5.02 Å². The normalized spacial score (nSPS) is 23.6. The highest BCUT2D eigenvalue weighted by atomic mass is 35.5.